The number of carbonyl (C=O) groups excluding carboxylic acids is 1. The maximum absolute atomic E-state index is 13.2. The third-order valence-electron chi connectivity index (χ3n) is 6.66. The number of ether oxygens (including phenoxy) is 1. The number of carbonyl (C=O) groups is 1. The molecule has 8 heteroatoms. The van der Waals surface area contributed by atoms with E-state index in [9.17, 15) is 4.79 Å². The molecule has 32 heavy (non-hydrogen) atoms. The number of rotatable bonds is 3. The first kappa shape index (κ1) is 20.6. The highest BCUT2D eigenvalue weighted by Gasteiger charge is 2.47. The molecule has 1 aromatic heterocycles. The minimum atomic E-state index is -0.438. The number of pyridine rings is 1. The molecule has 1 atom stereocenters. The van der Waals surface area contributed by atoms with Gasteiger partial charge in [-0.1, -0.05) is 18.9 Å². The lowest BCUT2D eigenvalue weighted by Crippen LogP contribution is -2.55. The van der Waals surface area contributed by atoms with Crippen molar-refractivity contribution in [2.45, 2.75) is 50.6 Å². The molecule has 5 rings (SSSR count). The van der Waals surface area contributed by atoms with Crippen molar-refractivity contribution in [3.8, 4) is 5.75 Å². The molecule has 2 aliphatic heterocycles. The van der Waals surface area contributed by atoms with E-state index in [1.807, 2.05) is 42.2 Å². The molecule has 0 bridgehead atoms. The fourth-order valence-corrected chi connectivity index (χ4v) is 4.92. The Kier molecular flexibility index (Phi) is 5.36. The van der Waals surface area contributed by atoms with Gasteiger partial charge in [0.1, 0.15) is 17.1 Å². The Bertz CT molecular complexity index is 1050. The van der Waals surface area contributed by atoms with Crippen LogP contribution < -0.4 is 20.7 Å². The average molecular weight is 435 g/mol. The fraction of sp³-hybridized carbons (Fsp3) is 0.458. The van der Waals surface area contributed by atoms with Gasteiger partial charge in [-0.05, 0) is 56.0 Å². The number of amidine groups is 1. The van der Waals surface area contributed by atoms with Crippen molar-refractivity contribution in [1.29, 1.82) is 0 Å². The number of urea groups is 1. The number of nitrogens with one attached hydrogen (secondary N) is 3. The number of amides is 2. The molecule has 3 heterocycles. The van der Waals surface area contributed by atoms with Crippen molar-refractivity contribution in [3.05, 3.63) is 42.1 Å². The molecule has 2 amide bonds. The van der Waals surface area contributed by atoms with Crippen molar-refractivity contribution < 1.29 is 9.53 Å². The van der Waals surface area contributed by atoms with E-state index in [2.05, 4.69) is 20.9 Å². The number of fused-ring (bicyclic) bond motifs is 1. The molecule has 3 N–H and O–H groups in total. The van der Waals surface area contributed by atoms with Crippen molar-refractivity contribution >= 4 is 29.1 Å². The number of aryl methyl sites for hydroxylation is 1. The predicted octanol–water partition coefficient (Wildman–Crippen LogP) is 4.25. The normalized spacial score (nSPS) is 23.7. The summed E-state index contributed by atoms with van der Waals surface area (Å²) in [5.74, 6) is 2.35. The topological polar surface area (TPSA) is 90.9 Å². The number of hydrogen-bond acceptors (Lipinski definition) is 5. The number of likely N-dealkylation sites (tertiary alicyclic amines) is 1. The van der Waals surface area contributed by atoms with E-state index < -0.39 is 5.54 Å². The molecule has 8 nitrogen and oxygen atoms in total. The van der Waals surface area contributed by atoms with E-state index >= 15 is 0 Å². The summed E-state index contributed by atoms with van der Waals surface area (Å²) in [6, 6.07) is 9.91. The maximum atomic E-state index is 13.2. The SMILES string of the molecule is COc1ccc(C)cc1NC(=O)N1CC[C@]2(C1)Nc1cccnc1NC2=NC1CCCC1. The lowest BCUT2D eigenvalue weighted by molar-refractivity contribution is 0.221. The Hall–Kier alpha value is -3.29. The Morgan fingerprint density at radius 3 is 2.97 bits per heavy atom. The Balaban J connectivity index is 1.39. The van der Waals surface area contributed by atoms with Gasteiger partial charge in [-0.3, -0.25) is 4.99 Å². The summed E-state index contributed by atoms with van der Waals surface area (Å²) < 4.78 is 5.42. The highest BCUT2D eigenvalue weighted by molar-refractivity contribution is 6.09. The summed E-state index contributed by atoms with van der Waals surface area (Å²) in [6.45, 7) is 3.16. The van der Waals surface area contributed by atoms with Gasteiger partial charge in [0.25, 0.3) is 0 Å². The van der Waals surface area contributed by atoms with Crippen molar-refractivity contribution in [1.82, 2.24) is 9.88 Å². The Labute approximate surface area is 188 Å². The number of benzene rings is 1. The van der Waals surface area contributed by atoms with E-state index in [4.69, 9.17) is 9.73 Å². The van der Waals surface area contributed by atoms with E-state index in [1.54, 1.807) is 13.3 Å². The van der Waals surface area contributed by atoms with E-state index in [0.717, 1.165) is 42.2 Å². The van der Waals surface area contributed by atoms with Gasteiger partial charge in [-0.15, -0.1) is 0 Å². The van der Waals surface area contributed by atoms with Crippen LogP contribution in [0.3, 0.4) is 0 Å². The number of hydrogen-bond donors (Lipinski definition) is 3. The molecule has 3 aliphatic rings. The van der Waals surface area contributed by atoms with Gasteiger partial charge < -0.3 is 25.6 Å². The monoisotopic (exact) mass is 434 g/mol. The smallest absolute Gasteiger partial charge is 0.322 e. The molecule has 1 aliphatic carbocycles. The molecule has 1 saturated heterocycles. The van der Waals surface area contributed by atoms with Crippen LogP contribution in [0.5, 0.6) is 5.75 Å². The Morgan fingerprint density at radius 1 is 1.31 bits per heavy atom. The van der Waals surface area contributed by atoms with Crippen LogP contribution in [0.1, 0.15) is 37.7 Å². The molecule has 1 spiro atoms. The molecule has 2 aromatic rings. The lowest BCUT2D eigenvalue weighted by atomic mass is 9.93. The van der Waals surface area contributed by atoms with E-state index in [-0.39, 0.29) is 6.03 Å². The molecule has 1 saturated carbocycles. The van der Waals surface area contributed by atoms with Crippen LogP contribution in [-0.2, 0) is 0 Å². The van der Waals surface area contributed by atoms with Gasteiger partial charge in [-0.25, -0.2) is 9.78 Å². The zero-order valence-corrected chi connectivity index (χ0v) is 18.6. The first-order valence-corrected chi connectivity index (χ1v) is 11.4. The van der Waals surface area contributed by atoms with E-state index in [1.165, 1.54) is 12.8 Å². The van der Waals surface area contributed by atoms with Gasteiger partial charge in [0.15, 0.2) is 5.82 Å². The minimum Gasteiger partial charge on any atom is -0.495 e. The van der Waals surface area contributed by atoms with Crippen molar-refractivity contribution in [2.75, 3.05) is 36.1 Å². The number of anilines is 3. The average Bonchev–Trinajstić information content (AvgIpc) is 3.45. The predicted molar refractivity (Wildman–Crippen MR) is 127 cm³/mol. The van der Waals surface area contributed by atoms with Crippen LogP contribution in [0.15, 0.2) is 41.5 Å². The van der Waals surface area contributed by atoms with E-state index in [0.29, 0.717) is 30.6 Å². The first-order valence-electron chi connectivity index (χ1n) is 11.4. The summed E-state index contributed by atoms with van der Waals surface area (Å²) >= 11 is 0. The van der Waals surface area contributed by atoms with Crippen LogP contribution in [0.2, 0.25) is 0 Å². The highest BCUT2D eigenvalue weighted by atomic mass is 16.5. The first-order chi connectivity index (χ1) is 15.6. The van der Waals surface area contributed by atoms with Crippen LogP contribution in [0, 0.1) is 6.92 Å². The zero-order valence-electron chi connectivity index (χ0n) is 18.6. The lowest BCUT2D eigenvalue weighted by Gasteiger charge is -2.38. The summed E-state index contributed by atoms with van der Waals surface area (Å²) in [5.41, 5.74) is 2.25. The van der Waals surface area contributed by atoms with Crippen LogP contribution in [-0.4, -0.2) is 53.5 Å². The van der Waals surface area contributed by atoms with Gasteiger partial charge >= 0.3 is 6.03 Å². The molecule has 0 radical (unpaired) electrons. The quantitative estimate of drug-likeness (QED) is 0.672. The number of methoxy groups -OCH3 is 1. The van der Waals surface area contributed by atoms with Gasteiger partial charge in [-0.2, -0.15) is 0 Å². The number of aromatic nitrogens is 1. The number of nitrogens with zero attached hydrogens (tertiary/aromatic N) is 3. The highest BCUT2D eigenvalue weighted by Crippen LogP contribution is 2.37. The molecule has 1 aromatic carbocycles. The molecular formula is C24H30N6O2. The fourth-order valence-electron chi connectivity index (χ4n) is 4.92. The second-order valence-corrected chi connectivity index (χ2v) is 8.95. The molecule has 2 fully saturated rings. The maximum Gasteiger partial charge on any atom is 0.322 e. The third-order valence-corrected chi connectivity index (χ3v) is 6.66. The van der Waals surface area contributed by atoms with Crippen LogP contribution in [0.4, 0.5) is 22.0 Å². The molecule has 0 unspecified atom stereocenters. The molecular weight excluding hydrogens is 404 g/mol. The Morgan fingerprint density at radius 2 is 2.16 bits per heavy atom. The van der Waals surface area contributed by atoms with Gasteiger partial charge in [0.2, 0.25) is 0 Å². The zero-order chi connectivity index (χ0) is 22.1. The van der Waals surface area contributed by atoms with Gasteiger partial charge in [0, 0.05) is 12.7 Å². The summed E-state index contributed by atoms with van der Waals surface area (Å²) in [6.07, 6.45) is 7.25. The minimum absolute atomic E-state index is 0.134. The van der Waals surface area contributed by atoms with Crippen LogP contribution in [0.25, 0.3) is 0 Å². The van der Waals surface area contributed by atoms with Crippen molar-refractivity contribution in [3.63, 3.8) is 0 Å². The van der Waals surface area contributed by atoms with Crippen LogP contribution >= 0.6 is 0 Å². The number of aliphatic imine (C=N–C) groups is 1. The standard InChI is InChI=1S/C24H30N6O2/c1-16-9-10-20(32-2)19(14-16)27-23(31)30-13-11-24(15-30)22(26-17-6-3-4-7-17)28-21-18(29-24)8-5-12-25-21/h5,8-10,12,14,17,29H,3-4,6-7,11,13,15H2,1-2H3,(H,27,31)(H,25,26,28)/t24-/m1/s1. The second-order valence-electron chi connectivity index (χ2n) is 8.95. The van der Waals surface area contributed by atoms with Crippen molar-refractivity contribution in [2.24, 2.45) is 4.99 Å². The summed E-state index contributed by atoms with van der Waals surface area (Å²) in [4.78, 5) is 24.6. The summed E-state index contributed by atoms with van der Waals surface area (Å²) in [7, 11) is 1.61. The van der Waals surface area contributed by atoms with Gasteiger partial charge in [0.05, 0.1) is 31.1 Å². The third kappa shape index (κ3) is 3.85. The largest absolute Gasteiger partial charge is 0.495 e. The second kappa shape index (κ2) is 8.33. The molecule has 168 valence electrons. The summed E-state index contributed by atoms with van der Waals surface area (Å²) in [5, 5.41) is 10.2.